The standard InChI is InChI=1S/C6H14NOS.Zn/c1-2-9(7)5-3-8-4-6-9;/h1-7H2;/q-1;. The average molecular weight is 214 g/mol. The predicted molar refractivity (Wildman–Crippen MR) is 42.6 cm³/mol. The minimum Gasteiger partial charge on any atom is -0.380 e. The molecule has 0 amide bonds. The van der Waals surface area contributed by atoms with Gasteiger partial charge >= 0.3 is 0 Å². The van der Waals surface area contributed by atoms with E-state index < -0.39 is 10.2 Å². The minimum atomic E-state index is -0.814. The van der Waals surface area contributed by atoms with Gasteiger partial charge in [0.2, 0.25) is 0 Å². The van der Waals surface area contributed by atoms with E-state index in [1.807, 2.05) is 0 Å². The van der Waals surface area contributed by atoms with E-state index in [1.54, 1.807) is 0 Å². The zero-order chi connectivity index (χ0) is 6.74. The smallest absolute Gasteiger partial charge is 0.0552 e. The van der Waals surface area contributed by atoms with Crippen LogP contribution in [0.25, 0.3) is 0 Å². The molecule has 1 aliphatic rings. The zero-order valence-corrected chi connectivity index (χ0v) is 10.1. The molecule has 0 saturated carbocycles. The summed E-state index contributed by atoms with van der Waals surface area (Å²) in [5.41, 5.74) is 0. The van der Waals surface area contributed by atoms with E-state index in [0.29, 0.717) is 0 Å². The Bertz CT molecular complexity index is 95.7. The molecule has 2 nitrogen and oxygen atoms in total. The van der Waals surface area contributed by atoms with Crippen LogP contribution in [0.2, 0.25) is 0 Å². The van der Waals surface area contributed by atoms with Crippen molar-refractivity contribution >= 4 is 10.2 Å². The molecule has 1 fully saturated rings. The quantitative estimate of drug-likeness (QED) is 0.509. The van der Waals surface area contributed by atoms with Gasteiger partial charge in [-0.15, -0.1) is 5.75 Å². The van der Waals surface area contributed by atoms with Gasteiger partial charge in [-0.05, 0) is 0 Å². The van der Waals surface area contributed by atoms with Crippen LogP contribution in [0.15, 0.2) is 0 Å². The topological polar surface area (TPSA) is 35.2 Å². The van der Waals surface area contributed by atoms with Gasteiger partial charge in [-0.2, -0.15) is 0 Å². The Balaban J connectivity index is 0.000000810. The summed E-state index contributed by atoms with van der Waals surface area (Å²) in [5.74, 6) is 3.02. The Morgan fingerprint density at radius 3 is 2.20 bits per heavy atom. The summed E-state index contributed by atoms with van der Waals surface area (Å²) >= 11 is 0. The number of hydrogen-bond acceptors (Lipinski definition) is 2. The van der Waals surface area contributed by atoms with Gasteiger partial charge in [-0.25, -0.2) is 10.2 Å². The van der Waals surface area contributed by atoms with Gasteiger partial charge in [-0.3, -0.25) is 5.14 Å². The number of nitrogens with two attached hydrogens (primary N) is 1. The Morgan fingerprint density at radius 1 is 1.40 bits per heavy atom. The normalized spacial score (nSPS) is 26.6. The maximum absolute atomic E-state index is 6.00. The van der Waals surface area contributed by atoms with Crippen LogP contribution in [-0.4, -0.2) is 30.5 Å². The first-order chi connectivity index (χ1) is 4.27. The summed E-state index contributed by atoms with van der Waals surface area (Å²) in [6, 6.07) is 0. The van der Waals surface area contributed by atoms with Gasteiger partial charge in [0.05, 0.1) is 13.2 Å². The summed E-state index contributed by atoms with van der Waals surface area (Å²) in [6.07, 6.45) is 0. The van der Waals surface area contributed by atoms with Crippen LogP contribution in [0.4, 0.5) is 0 Å². The van der Waals surface area contributed by atoms with E-state index in [1.165, 1.54) is 0 Å². The Kier molecular flexibility index (Phi) is 5.13. The van der Waals surface area contributed by atoms with Gasteiger partial charge in [0, 0.05) is 31.0 Å². The fourth-order valence-corrected chi connectivity index (χ4v) is 2.37. The monoisotopic (exact) mass is 212 g/mol. The van der Waals surface area contributed by atoms with E-state index in [9.17, 15) is 0 Å². The van der Waals surface area contributed by atoms with E-state index in [0.717, 1.165) is 30.5 Å². The second kappa shape index (κ2) is 4.71. The first kappa shape index (κ1) is 10.9. The first-order valence-corrected chi connectivity index (χ1v) is 5.38. The molecule has 0 radical (unpaired) electrons. The van der Waals surface area contributed by atoms with E-state index in [4.69, 9.17) is 9.88 Å². The minimum absolute atomic E-state index is 0. The maximum Gasteiger partial charge on any atom is 0.0552 e. The Morgan fingerprint density at radius 2 is 1.90 bits per heavy atom. The van der Waals surface area contributed by atoms with Crippen LogP contribution in [0.1, 0.15) is 0 Å². The third-order valence-corrected chi connectivity index (χ3v) is 4.45. The molecule has 58 valence electrons. The molecule has 2 N–H and O–H groups in total. The number of hydrogen-bond donors (Lipinski definition) is 1. The summed E-state index contributed by atoms with van der Waals surface area (Å²) in [6.45, 7) is 5.53. The van der Waals surface area contributed by atoms with Crippen molar-refractivity contribution < 1.29 is 24.2 Å². The molecular weight excluding hydrogens is 200 g/mol. The van der Waals surface area contributed by atoms with Crippen LogP contribution < -0.4 is 5.14 Å². The molecule has 1 aliphatic heterocycles. The molecule has 0 spiro atoms. The molecule has 0 aliphatic carbocycles. The molecule has 1 saturated heterocycles. The zero-order valence-electron chi connectivity index (χ0n) is 6.34. The molecule has 1 heterocycles. The van der Waals surface area contributed by atoms with Crippen molar-refractivity contribution in [2.45, 2.75) is 0 Å². The van der Waals surface area contributed by atoms with Gasteiger partial charge in [0.25, 0.3) is 0 Å². The summed E-state index contributed by atoms with van der Waals surface area (Å²) in [5, 5.41) is 6.00. The molecule has 0 aromatic heterocycles. The predicted octanol–water partition coefficient (Wildman–Crippen LogP) is 0.526. The summed E-state index contributed by atoms with van der Waals surface area (Å²) in [4.78, 5) is 0. The van der Waals surface area contributed by atoms with Gasteiger partial charge in [0.1, 0.15) is 0 Å². The second-order valence-electron chi connectivity index (χ2n) is 2.34. The van der Waals surface area contributed by atoms with Crippen molar-refractivity contribution in [1.82, 2.24) is 0 Å². The van der Waals surface area contributed by atoms with Gasteiger partial charge < -0.3 is 11.7 Å². The van der Waals surface area contributed by atoms with Crippen LogP contribution in [-0.2, 0) is 24.2 Å². The maximum atomic E-state index is 6.00. The second-order valence-corrected chi connectivity index (χ2v) is 5.79. The van der Waals surface area contributed by atoms with Crippen molar-refractivity contribution in [3.05, 3.63) is 6.92 Å². The van der Waals surface area contributed by atoms with E-state index in [2.05, 4.69) is 6.92 Å². The summed E-state index contributed by atoms with van der Waals surface area (Å²) < 4.78 is 5.18. The van der Waals surface area contributed by atoms with Crippen molar-refractivity contribution in [1.29, 1.82) is 0 Å². The molecule has 0 atom stereocenters. The Hall–Kier alpha value is 0.893. The molecule has 0 unspecified atom stereocenters. The molecule has 1 rings (SSSR count). The molecule has 0 aromatic carbocycles. The van der Waals surface area contributed by atoms with Crippen molar-refractivity contribution in [2.24, 2.45) is 5.14 Å². The largest absolute Gasteiger partial charge is 0.380 e. The van der Waals surface area contributed by atoms with Crippen LogP contribution in [0, 0.1) is 6.92 Å². The van der Waals surface area contributed by atoms with Crippen LogP contribution in [0.3, 0.4) is 0 Å². The fourth-order valence-electron chi connectivity index (χ4n) is 0.858. The fraction of sp³-hybridized carbons (Fsp3) is 0.833. The van der Waals surface area contributed by atoms with E-state index >= 15 is 0 Å². The van der Waals surface area contributed by atoms with Crippen molar-refractivity contribution in [3.63, 3.8) is 0 Å². The molecule has 0 aromatic rings. The van der Waals surface area contributed by atoms with Crippen molar-refractivity contribution in [2.75, 3.05) is 30.5 Å². The number of rotatable bonds is 1. The first-order valence-electron chi connectivity index (χ1n) is 3.18. The molecule has 0 bridgehead atoms. The molecule has 10 heavy (non-hydrogen) atoms. The summed E-state index contributed by atoms with van der Waals surface area (Å²) in [7, 11) is -0.814. The van der Waals surface area contributed by atoms with Crippen LogP contribution in [0.5, 0.6) is 0 Å². The third-order valence-electron chi connectivity index (χ3n) is 1.67. The van der Waals surface area contributed by atoms with Gasteiger partial charge in [-0.1, -0.05) is 0 Å². The SMILES string of the molecule is [CH2-]CS1(N)CCOCC1.[Zn]. The third kappa shape index (κ3) is 2.87. The Labute approximate surface area is 77.1 Å². The molecule has 4 heteroatoms. The molecular formula is C6H14NOSZn-. The van der Waals surface area contributed by atoms with Gasteiger partial charge in [0.15, 0.2) is 0 Å². The van der Waals surface area contributed by atoms with Crippen molar-refractivity contribution in [3.8, 4) is 0 Å². The van der Waals surface area contributed by atoms with E-state index in [-0.39, 0.29) is 19.5 Å². The average Bonchev–Trinajstić information content (AvgIpc) is 1.90. The van der Waals surface area contributed by atoms with Crippen LogP contribution >= 0.6 is 10.2 Å². The number of ether oxygens (including phenoxy) is 1.